The SMILES string of the molecule is COc1c(F)c(F)c(N)c2c(=O)c(C(=O)O)cn([C@@H]3C[C@@H]3F)c12.COc1c(N2C[C@@H](F)[C@@H](C3(N)CC3)C2)c(F)c(N)c2c(=O)c(C(=O)O)cn([C@@H]3C[C@@H]3F)c12. The highest BCUT2D eigenvalue weighted by Crippen LogP contribution is 2.51. The van der Waals surface area contributed by atoms with Crippen molar-refractivity contribution in [2.75, 3.05) is 43.7 Å². The van der Waals surface area contributed by atoms with Gasteiger partial charge in [0.1, 0.15) is 40.8 Å². The lowest BCUT2D eigenvalue weighted by Crippen LogP contribution is -2.38. The van der Waals surface area contributed by atoms with Crippen molar-refractivity contribution in [3.63, 3.8) is 0 Å². The summed E-state index contributed by atoms with van der Waals surface area (Å²) in [5.41, 5.74) is 11.8. The van der Waals surface area contributed by atoms with Gasteiger partial charge in [0.25, 0.3) is 0 Å². The summed E-state index contributed by atoms with van der Waals surface area (Å²) in [5, 5.41) is 17.6. The Kier molecular flexibility index (Phi) is 8.89. The van der Waals surface area contributed by atoms with Gasteiger partial charge in [-0.2, -0.15) is 4.39 Å². The number of halogens is 6. The minimum absolute atomic E-state index is 0.00529. The average molecular weight is 781 g/mol. The van der Waals surface area contributed by atoms with E-state index in [1.807, 2.05) is 0 Å². The van der Waals surface area contributed by atoms with Crippen LogP contribution < -0.4 is 42.4 Å². The monoisotopic (exact) mass is 780 g/mol. The Morgan fingerprint density at radius 3 is 1.58 bits per heavy atom. The average Bonchev–Trinajstić information content (AvgIpc) is 4.10. The van der Waals surface area contributed by atoms with Gasteiger partial charge in [-0.25, -0.2) is 31.5 Å². The zero-order valence-corrected chi connectivity index (χ0v) is 29.0. The number of hydrogen-bond donors (Lipinski definition) is 5. The smallest absolute Gasteiger partial charge is 0.341 e. The largest absolute Gasteiger partial charge is 0.492 e. The predicted molar refractivity (Wildman–Crippen MR) is 186 cm³/mol. The number of fused-ring (bicyclic) bond motifs is 2. The van der Waals surface area contributed by atoms with E-state index < -0.39 is 121 Å². The van der Waals surface area contributed by atoms with Gasteiger partial charge in [0.15, 0.2) is 23.1 Å². The number of rotatable bonds is 8. The molecule has 8 N–H and O–H groups in total. The van der Waals surface area contributed by atoms with Crippen LogP contribution in [0.5, 0.6) is 11.5 Å². The number of methoxy groups -OCH3 is 2. The molecule has 6 atom stereocenters. The van der Waals surface area contributed by atoms with Gasteiger partial charge >= 0.3 is 11.9 Å². The molecule has 0 spiro atoms. The van der Waals surface area contributed by atoms with Gasteiger partial charge in [-0.1, -0.05) is 0 Å². The zero-order valence-electron chi connectivity index (χ0n) is 29.0. The Labute approximate surface area is 305 Å². The van der Waals surface area contributed by atoms with Crippen LogP contribution in [0.4, 0.5) is 43.4 Å². The van der Waals surface area contributed by atoms with Crippen molar-refractivity contribution in [3.05, 3.63) is 61.4 Å². The van der Waals surface area contributed by atoms with Gasteiger partial charge in [-0.15, -0.1) is 0 Å². The number of pyridine rings is 2. The second-order valence-electron chi connectivity index (χ2n) is 14.2. The molecule has 1 aliphatic heterocycles. The van der Waals surface area contributed by atoms with Crippen molar-refractivity contribution in [1.82, 2.24) is 9.13 Å². The van der Waals surface area contributed by atoms with Crippen molar-refractivity contribution in [1.29, 1.82) is 0 Å². The lowest BCUT2D eigenvalue weighted by molar-refractivity contribution is 0.0684. The van der Waals surface area contributed by atoms with Gasteiger partial charge < -0.3 is 50.9 Å². The van der Waals surface area contributed by atoms with E-state index in [0.29, 0.717) is 12.8 Å². The summed E-state index contributed by atoms with van der Waals surface area (Å²) in [7, 11) is 2.30. The molecule has 3 heterocycles. The number of nitrogen functional groups attached to an aromatic ring is 2. The van der Waals surface area contributed by atoms with Crippen LogP contribution in [0.3, 0.4) is 0 Å². The fraction of sp³-hybridized carbons (Fsp3) is 0.429. The van der Waals surface area contributed by atoms with Crippen molar-refractivity contribution < 1.29 is 55.6 Å². The molecule has 294 valence electrons. The van der Waals surface area contributed by atoms with E-state index in [2.05, 4.69) is 0 Å². The van der Waals surface area contributed by atoms with Crippen molar-refractivity contribution in [2.24, 2.45) is 11.7 Å². The Morgan fingerprint density at radius 2 is 1.18 bits per heavy atom. The molecular weight excluding hydrogens is 746 g/mol. The van der Waals surface area contributed by atoms with Gasteiger partial charge in [0, 0.05) is 49.8 Å². The van der Waals surface area contributed by atoms with E-state index in [4.69, 9.17) is 31.8 Å². The molecule has 2 aromatic carbocycles. The molecule has 4 aromatic rings. The lowest BCUT2D eigenvalue weighted by atomic mass is 9.96. The number of aromatic carboxylic acids is 2. The minimum Gasteiger partial charge on any atom is -0.492 e. The van der Waals surface area contributed by atoms with Gasteiger partial charge in [-0.05, 0) is 12.8 Å². The Hall–Kier alpha value is -5.66. The summed E-state index contributed by atoms with van der Waals surface area (Å²) in [4.78, 5) is 49.4. The molecule has 0 unspecified atom stereocenters. The maximum atomic E-state index is 15.6. The first-order valence-corrected chi connectivity index (χ1v) is 16.9. The van der Waals surface area contributed by atoms with Gasteiger partial charge in [-0.3, -0.25) is 9.59 Å². The highest BCUT2D eigenvalue weighted by atomic mass is 19.2. The minimum atomic E-state index is -1.58. The molecule has 0 radical (unpaired) electrons. The normalized spacial score (nSPS) is 24.7. The van der Waals surface area contributed by atoms with Crippen LogP contribution in [0, 0.1) is 23.4 Å². The number of nitrogens with two attached hydrogens (primary N) is 3. The number of carboxylic acid groups (broad SMARTS) is 2. The Bertz CT molecular complexity index is 2460. The summed E-state index contributed by atoms with van der Waals surface area (Å²) >= 11 is 0. The van der Waals surface area contributed by atoms with Crippen molar-refractivity contribution >= 4 is 50.8 Å². The number of carboxylic acids is 2. The first-order chi connectivity index (χ1) is 25.9. The summed E-state index contributed by atoms with van der Waals surface area (Å²) in [6.07, 6.45) is -0.396. The summed E-state index contributed by atoms with van der Waals surface area (Å²) in [5.74, 6) is -8.32. The molecule has 14 nitrogen and oxygen atoms in total. The first-order valence-electron chi connectivity index (χ1n) is 16.9. The van der Waals surface area contributed by atoms with E-state index in [9.17, 15) is 46.2 Å². The third-order valence-corrected chi connectivity index (χ3v) is 10.8. The molecule has 2 aromatic heterocycles. The number of hydrogen-bond acceptors (Lipinski definition) is 10. The number of ether oxygens (including phenoxy) is 2. The number of benzene rings is 2. The topological polar surface area (TPSA) is 218 Å². The third-order valence-electron chi connectivity index (χ3n) is 10.8. The maximum Gasteiger partial charge on any atom is 0.341 e. The molecule has 20 heteroatoms. The standard InChI is InChI=1S/C21H23F3N4O4.C14H11F3N2O4/c1-32-19-16-13(18(29)8(20(30)31)5-28(16)12-4-10(12)22)15(25)14(24)17(19)27-6-9(11(23)7-27)21(26)2-3-21;1-23-13-9(17)8(16)10(18)7-11(13)19(6-2-5(6)15)3-4(12(7)20)14(21)22/h5,9-12H,2-4,6-7,25-26H2,1H3,(H,30,31);3,5-6H,2,18H2,1H3,(H,21,22)/t9-,10-,11+,12+;5-,6+/m00/s1. The summed E-state index contributed by atoms with van der Waals surface area (Å²) in [6, 6.07) is -1.55. The van der Waals surface area contributed by atoms with Gasteiger partial charge in [0.2, 0.25) is 16.7 Å². The predicted octanol–water partition coefficient (Wildman–Crippen LogP) is 3.83. The molecule has 4 aliphatic rings. The van der Waals surface area contributed by atoms with Crippen molar-refractivity contribution in [2.45, 2.75) is 61.8 Å². The quantitative estimate of drug-likeness (QED) is 0.127. The molecule has 0 bridgehead atoms. The number of aromatic nitrogens is 2. The van der Waals surface area contributed by atoms with Crippen LogP contribution in [0.15, 0.2) is 22.0 Å². The third kappa shape index (κ3) is 5.84. The molecule has 55 heavy (non-hydrogen) atoms. The van der Waals surface area contributed by atoms with Crippen LogP contribution in [0.2, 0.25) is 0 Å². The molecule has 0 amide bonds. The van der Waals surface area contributed by atoms with E-state index in [-0.39, 0.29) is 48.4 Å². The van der Waals surface area contributed by atoms with Crippen LogP contribution in [-0.2, 0) is 0 Å². The fourth-order valence-corrected chi connectivity index (χ4v) is 7.48. The highest BCUT2D eigenvalue weighted by molar-refractivity contribution is 6.04. The highest BCUT2D eigenvalue weighted by Gasteiger charge is 2.53. The second kappa shape index (κ2) is 13.0. The van der Waals surface area contributed by atoms with E-state index in [1.165, 1.54) is 16.6 Å². The van der Waals surface area contributed by atoms with Crippen LogP contribution in [0.1, 0.15) is 58.5 Å². The van der Waals surface area contributed by atoms with Crippen LogP contribution in [-0.4, -0.2) is 82.6 Å². The number of nitrogens with zero attached hydrogens (tertiary/aromatic N) is 3. The summed E-state index contributed by atoms with van der Waals surface area (Å²) < 4.78 is 98.4. The molecule has 3 saturated carbocycles. The first kappa shape index (κ1) is 37.6. The lowest BCUT2D eigenvalue weighted by Gasteiger charge is -2.26. The second-order valence-corrected chi connectivity index (χ2v) is 14.2. The molecule has 1 saturated heterocycles. The Balaban J connectivity index is 0.000000179. The number of carbonyl (C=O) groups is 2. The van der Waals surface area contributed by atoms with Crippen LogP contribution in [0.25, 0.3) is 21.8 Å². The van der Waals surface area contributed by atoms with Crippen molar-refractivity contribution in [3.8, 4) is 11.5 Å². The fourth-order valence-electron chi connectivity index (χ4n) is 7.48. The van der Waals surface area contributed by atoms with E-state index >= 15 is 4.39 Å². The zero-order chi connectivity index (χ0) is 40.2. The maximum absolute atomic E-state index is 15.6. The van der Waals surface area contributed by atoms with E-state index in [1.54, 1.807) is 0 Å². The van der Waals surface area contributed by atoms with E-state index in [0.717, 1.165) is 24.1 Å². The summed E-state index contributed by atoms with van der Waals surface area (Å²) in [6.45, 7) is -0.0169. The number of alkyl halides is 3. The molecule has 8 rings (SSSR count). The molecule has 3 aliphatic carbocycles. The molecular formula is C35H34F6N6O8. The Morgan fingerprint density at radius 1 is 0.745 bits per heavy atom. The van der Waals surface area contributed by atoms with Gasteiger partial charge in [0.05, 0.1) is 54.0 Å². The molecule has 4 fully saturated rings. The van der Waals surface area contributed by atoms with Crippen LogP contribution >= 0.6 is 0 Å². The number of anilines is 3.